The average Bonchev–Trinajstić information content (AvgIpc) is 0.918. The molecule has 0 aliphatic rings. The Morgan fingerprint density at radius 2 is 1.60 bits per heavy atom. The summed E-state index contributed by atoms with van der Waals surface area (Å²) in [6.45, 7) is 0. The van der Waals surface area contributed by atoms with Crippen LogP contribution in [0.2, 0.25) is 0 Å². The van der Waals surface area contributed by atoms with Gasteiger partial charge in [0.05, 0.1) is 0 Å². The third-order valence-corrected chi connectivity index (χ3v) is 0. The fourth-order valence-electron chi connectivity index (χ4n) is 0. The molecule has 0 saturated heterocycles. The predicted octanol–water partition coefficient (Wildman–Crippen LogP) is -2.49. The Balaban J connectivity index is -0.0000000200. The molecule has 5 heteroatoms. The quantitative estimate of drug-likeness (QED) is 0.370. The van der Waals surface area contributed by atoms with Gasteiger partial charge in [-0.3, -0.25) is 10.1 Å². The molecule has 5 heavy (non-hydrogen) atoms. The van der Waals surface area contributed by atoms with Gasteiger partial charge >= 0.3 is 0 Å². The van der Waals surface area contributed by atoms with Crippen molar-refractivity contribution < 1.29 is 48.1 Å². The molecular formula is H3ErNO3. The molecule has 0 atom stereocenters. The molecule has 0 spiro atoms. The van der Waals surface area contributed by atoms with Gasteiger partial charge in [-0.1, -0.05) is 0 Å². The van der Waals surface area contributed by atoms with Crippen molar-refractivity contribution in [1.29, 1.82) is 0 Å². The minimum atomic E-state index is 0. The van der Waals surface area contributed by atoms with Crippen molar-refractivity contribution in [2.45, 2.75) is 0 Å². The predicted molar refractivity (Wildman–Crippen MR) is 11.3 cm³/mol. The third-order valence-electron chi connectivity index (χ3n) is 0. The average molecular weight is 232 g/mol. The van der Waals surface area contributed by atoms with E-state index >= 15 is 0 Å². The van der Waals surface area contributed by atoms with E-state index in [0.717, 1.165) is 0 Å². The molecular weight excluding hydrogens is 229 g/mol. The van der Waals surface area contributed by atoms with E-state index in [1.54, 1.807) is 0 Å². The van der Waals surface area contributed by atoms with Crippen molar-refractivity contribution in [3.8, 4) is 0 Å². The van der Waals surface area contributed by atoms with Crippen LogP contribution in [0.1, 0.15) is 0 Å². The van der Waals surface area contributed by atoms with E-state index in [0.29, 0.717) is 0 Å². The van der Waals surface area contributed by atoms with Gasteiger partial charge in [0.15, 0.2) is 0 Å². The van der Waals surface area contributed by atoms with Crippen LogP contribution in [0.4, 0.5) is 0 Å². The van der Waals surface area contributed by atoms with E-state index in [-0.39, 0.29) is 48.1 Å². The summed E-state index contributed by atoms with van der Waals surface area (Å²) in [5, 5.41) is 8.38. The summed E-state index contributed by atoms with van der Waals surface area (Å²) in [5.41, 5.74) is 0. The minimum Gasteiger partial charge on any atom is -0.412 e. The monoisotopic (exact) mass is 231 g/mol. The van der Waals surface area contributed by atoms with E-state index in [2.05, 4.69) is 0 Å². The number of hydrogen-bond acceptors (Lipinski definition) is 2. The van der Waals surface area contributed by atoms with Gasteiger partial charge in [-0.15, -0.1) is 0 Å². The van der Waals surface area contributed by atoms with Crippen molar-refractivity contribution >= 4 is 0 Å². The van der Waals surface area contributed by atoms with Crippen molar-refractivity contribution in [3.05, 3.63) is 10.1 Å². The summed E-state index contributed by atoms with van der Waals surface area (Å²) in [6.07, 6.45) is 0. The van der Waals surface area contributed by atoms with Gasteiger partial charge in [0.1, 0.15) is 0 Å². The molecule has 0 heterocycles. The van der Waals surface area contributed by atoms with E-state index in [9.17, 15) is 0 Å². The zero-order valence-corrected chi connectivity index (χ0v) is 3.96. The molecule has 0 rings (SSSR count). The first kappa shape index (κ1) is 17.5. The third kappa shape index (κ3) is 85.0. The molecule has 0 aromatic carbocycles. The normalized spacial score (nSPS) is 2.40. The Morgan fingerprint density at radius 1 is 1.60 bits per heavy atom. The van der Waals surface area contributed by atoms with Crippen LogP contribution in [0.3, 0.4) is 0 Å². The fraction of sp³-hybridized carbons (Fsp3) is 0. The Labute approximate surface area is 58.0 Å². The van der Waals surface area contributed by atoms with Gasteiger partial charge in [-0.05, 0) is 0 Å². The van der Waals surface area contributed by atoms with Crippen LogP contribution in [0, 0.1) is 47.4 Å². The van der Waals surface area contributed by atoms with Crippen molar-refractivity contribution in [2.24, 2.45) is 0 Å². The maximum Gasteiger partial charge on any atom is 0.00366 e. The Morgan fingerprint density at radius 3 is 1.60 bits per heavy atom. The SMILES string of the molecule is O.O=[NH+][O-].[Er]. The molecule has 0 fully saturated rings. The number of rotatable bonds is 0. The van der Waals surface area contributed by atoms with Gasteiger partial charge in [0.25, 0.3) is 0 Å². The molecule has 4 nitrogen and oxygen atoms in total. The molecule has 3 N–H and O–H groups in total. The Bertz CT molecular complexity index is 14.4. The van der Waals surface area contributed by atoms with Crippen molar-refractivity contribution in [3.63, 3.8) is 0 Å². The first-order chi connectivity index (χ1) is 1.41. The van der Waals surface area contributed by atoms with Crippen LogP contribution in [-0.4, -0.2) is 5.48 Å². The van der Waals surface area contributed by atoms with E-state index < -0.39 is 0 Å². The maximum atomic E-state index is 8.12. The van der Waals surface area contributed by atoms with E-state index in [4.69, 9.17) is 10.1 Å². The molecule has 0 unspecified atom stereocenters. The van der Waals surface area contributed by atoms with Crippen molar-refractivity contribution in [2.75, 3.05) is 0 Å². The zero-order valence-electron chi connectivity index (χ0n) is 2.11. The summed E-state index contributed by atoms with van der Waals surface area (Å²) in [7, 11) is 0. The number of nitrogens with one attached hydrogen (secondary N) is 1. The van der Waals surface area contributed by atoms with E-state index in [1.165, 1.54) is 0 Å². The van der Waals surface area contributed by atoms with Crippen LogP contribution < -0.4 is 5.34 Å². The summed E-state index contributed by atoms with van der Waals surface area (Å²) >= 11 is 0. The summed E-state index contributed by atoms with van der Waals surface area (Å²) in [4.78, 5) is 8.12. The van der Waals surface area contributed by atoms with Crippen LogP contribution >= 0.6 is 0 Å². The zero-order chi connectivity index (χ0) is 2.71. The molecule has 0 saturated carbocycles. The second-order valence-electron chi connectivity index (χ2n) is 0.0833. The summed E-state index contributed by atoms with van der Waals surface area (Å²) in [5.74, 6) is 0. The first-order valence-electron chi connectivity index (χ1n) is 0.408. The second-order valence-corrected chi connectivity index (χ2v) is 0.0833. The van der Waals surface area contributed by atoms with Crippen molar-refractivity contribution in [1.82, 2.24) is 0 Å². The van der Waals surface area contributed by atoms with Crippen LogP contribution in [0.5, 0.6) is 0 Å². The van der Waals surface area contributed by atoms with Gasteiger partial charge in [0.2, 0.25) is 0 Å². The largest absolute Gasteiger partial charge is 0.412 e. The minimum absolute atomic E-state index is 0. The van der Waals surface area contributed by atoms with Gasteiger partial charge < -0.3 is 5.48 Å². The molecule has 0 aromatic heterocycles. The summed E-state index contributed by atoms with van der Waals surface area (Å²) in [6, 6.07) is 0. The van der Waals surface area contributed by atoms with Gasteiger partial charge in [0, 0.05) is 42.6 Å². The molecule has 38 valence electrons. The Hall–Kier alpha value is 0.607. The first-order valence-corrected chi connectivity index (χ1v) is 0.408. The molecule has 0 amide bonds. The van der Waals surface area contributed by atoms with E-state index in [1.807, 2.05) is 0 Å². The summed E-state index contributed by atoms with van der Waals surface area (Å²) < 4.78 is 0. The fourth-order valence-corrected chi connectivity index (χ4v) is 0. The molecule has 0 aliphatic carbocycles. The van der Waals surface area contributed by atoms with Gasteiger partial charge in [-0.25, -0.2) is 0 Å². The number of hydrogen-bond donors (Lipinski definition) is 1. The Kier molecular flexibility index (Phi) is 81.3. The van der Waals surface area contributed by atoms with Gasteiger partial charge in [-0.2, -0.15) is 0 Å². The molecule has 0 bridgehead atoms. The standard InChI is InChI=1S/Er.HNO2.H2O/c;2-1-3;/h;1H;1H2. The topological polar surface area (TPSA) is 85.6 Å². The molecule has 0 aromatic rings. The van der Waals surface area contributed by atoms with Crippen LogP contribution in [0.25, 0.3) is 0 Å². The maximum absolute atomic E-state index is 8.12. The van der Waals surface area contributed by atoms with Crippen LogP contribution in [-0.2, 0) is 0 Å². The molecule has 0 radical (unpaired) electrons. The molecule has 0 aliphatic heterocycles. The smallest absolute Gasteiger partial charge is 0.00366 e. The van der Waals surface area contributed by atoms with Crippen LogP contribution in [0.15, 0.2) is 0 Å². The second kappa shape index (κ2) is 23.2.